The van der Waals surface area contributed by atoms with E-state index in [-0.39, 0.29) is 5.43 Å². The highest BCUT2D eigenvalue weighted by Crippen LogP contribution is 2.32. The second-order valence-corrected chi connectivity index (χ2v) is 6.87. The van der Waals surface area contributed by atoms with Crippen LogP contribution in [0.15, 0.2) is 95.8 Å². The van der Waals surface area contributed by atoms with Crippen molar-refractivity contribution in [2.75, 3.05) is 6.61 Å². The zero-order valence-electron chi connectivity index (χ0n) is 16.6. The first-order valence-corrected chi connectivity index (χ1v) is 9.79. The molecule has 0 unspecified atom stereocenters. The van der Waals surface area contributed by atoms with Gasteiger partial charge in [0, 0.05) is 22.9 Å². The Labute approximate surface area is 170 Å². The average Bonchev–Trinajstić information content (AvgIpc) is 2.77. The lowest BCUT2D eigenvalue weighted by atomic mass is 10.0. The van der Waals surface area contributed by atoms with Crippen LogP contribution >= 0.6 is 0 Å². The standard InChI is InChI=1S/C26H23NO2/c1-3-29-23-16-10-13-21(17-23)26-19(2)25(28)18-24(20-11-6-4-7-12-20)27(26)22-14-8-5-9-15-22/h4-18H,3H2,1-2H3. The number of ether oxygens (including phenoxy) is 1. The number of nitrogens with zero attached hydrogens (tertiary/aromatic N) is 1. The molecule has 0 bridgehead atoms. The first kappa shape index (κ1) is 18.8. The normalized spacial score (nSPS) is 10.7. The number of pyridine rings is 1. The molecule has 0 aliphatic carbocycles. The second kappa shape index (κ2) is 8.19. The van der Waals surface area contributed by atoms with Crippen LogP contribution in [0.5, 0.6) is 5.75 Å². The molecule has 1 aromatic heterocycles. The van der Waals surface area contributed by atoms with Gasteiger partial charge in [-0.1, -0.05) is 60.7 Å². The molecule has 0 saturated carbocycles. The van der Waals surface area contributed by atoms with Crippen LogP contribution in [0.3, 0.4) is 0 Å². The van der Waals surface area contributed by atoms with Crippen LogP contribution in [0, 0.1) is 6.92 Å². The fourth-order valence-electron chi connectivity index (χ4n) is 3.61. The number of hydrogen-bond acceptors (Lipinski definition) is 2. The summed E-state index contributed by atoms with van der Waals surface area (Å²) < 4.78 is 7.88. The Bertz CT molecular complexity index is 1180. The van der Waals surface area contributed by atoms with Gasteiger partial charge in [-0.25, -0.2) is 0 Å². The molecular formula is C26H23NO2. The SMILES string of the molecule is CCOc1cccc(-c2c(C)c(=O)cc(-c3ccccc3)n2-c2ccccc2)c1. The van der Waals surface area contributed by atoms with E-state index in [4.69, 9.17) is 4.74 Å². The number of aromatic nitrogens is 1. The van der Waals surface area contributed by atoms with Crippen LogP contribution < -0.4 is 10.2 Å². The molecule has 0 aliphatic heterocycles. The van der Waals surface area contributed by atoms with Crippen molar-refractivity contribution in [1.82, 2.24) is 4.57 Å². The van der Waals surface area contributed by atoms with E-state index in [1.165, 1.54) is 0 Å². The van der Waals surface area contributed by atoms with Gasteiger partial charge in [-0.15, -0.1) is 0 Å². The summed E-state index contributed by atoms with van der Waals surface area (Å²) in [5.74, 6) is 0.793. The van der Waals surface area contributed by atoms with Gasteiger partial charge in [-0.05, 0) is 43.7 Å². The molecule has 0 saturated heterocycles. The number of para-hydroxylation sites is 1. The molecule has 4 rings (SSSR count). The maximum atomic E-state index is 13.0. The Hall–Kier alpha value is -3.59. The van der Waals surface area contributed by atoms with Gasteiger partial charge in [0.1, 0.15) is 5.75 Å². The third kappa shape index (κ3) is 3.72. The second-order valence-electron chi connectivity index (χ2n) is 6.87. The van der Waals surface area contributed by atoms with Crippen molar-refractivity contribution < 1.29 is 4.74 Å². The lowest BCUT2D eigenvalue weighted by molar-refractivity contribution is 0.340. The van der Waals surface area contributed by atoms with E-state index in [0.717, 1.165) is 34.0 Å². The smallest absolute Gasteiger partial charge is 0.185 e. The number of rotatable bonds is 5. The molecule has 0 atom stereocenters. The number of benzene rings is 3. The van der Waals surface area contributed by atoms with Crippen LogP contribution in [-0.2, 0) is 0 Å². The van der Waals surface area contributed by atoms with Gasteiger partial charge < -0.3 is 9.30 Å². The van der Waals surface area contributed by atoms with E-state index in [2.05, 4.69) is 16.7 Å². The zero-order valence-corrected chi connectivity index (χ0v) is 16.6. The molecule has 0 aliphatic rings. The van der Waals surface area contributed by atoms with E-state index in [1.807, 2.05) is 86.6 Å². The van der Waals surface area contributed by atoms with Crippen LogP contribution in [0.4, 0.5) is 0 Å². The minimum atomic E-state index is 0.0212. The Balaban J connectivity index is 2.08. The van der Waals surface area contributed by atoms with Gasteiger partial charge in [-0.3, -0.25) is 4.79 Å². The maximum absolute atomic E-state index is 13.0. The van der Waals surface area contributed by atoms with E-state index in [9.17, 15) is 4.79 Å². The average molecular weight is 381 g/mol. The minimum absolute atomic E-state index is 0.0212. The molecule has 0 fully saturated rings. The quantitative estimate of drug-likeness (QED) is 0.432. The zero-order chi connectivity index (χ0) is 20.2. The van der Waals surface area contributed by atoms with E-state index >= 15 is 0 Å². The Morgan fingerprint density at radius 3 is 2.14 bits per heavy atom. The van der Waals surface area contributed by atoms with Crippen molar-refractivity contribution >= 4 is 0 Å². The minimum Gasteiger partial charge on any atom is -0.494 e. The van der Waals surface area contributed by atoms with Gasteiger partial charge in [-0.2, -0.15) is 0 Å². The highest BCUT2D eigenvalue weighted by molar-refractivity contribution is 5.74. The van der Waals surface area contributed by atoms with E-state index in [1.54, 1.807) is 6.07 Å². The molecule has 144 valence electrons. The lowest BCUT2D eigenvalue weighted by Gasteiger charge is -2.22. The Morgan fingerprint density at radius 2 is 1.45 bits per heavy atom. The fourth-order valence-corrected chi connectivity index (χ4v) is 3.61. The maximum Gasteiger partial charge on any atom is 0.185 e. The van der Waals surface area contributed by atoms with Gasteiger partial charge in [0.15, 0.2) is 5.43 Å². The molecule has 0 spiro atoms. The highest BCUT2D eigenvalue weighted by Gasteiger charge is 2.17. The number of hydrogen-bond donors (Lipinski definition) is 0. The molecule has 3 heteroatoms. The first-order valence-electron chi connectivity index (χ1n) is 9.79. The molecule has 4 aromatic rings. The van der Waals surface area contributed by atoms with E-state index < -0.39 is 0 Å². The molecule has 29 heavy (non-hydrogen) atoms. The largest absolute Gasteiger partial charge is 0.494 e. The predicted octanol–water partition coefficient (Wildman–Crippen LogP) is 5.88. The summed E-state index contributed by atoms with van der Waals surface area (Å²) in [6.45, 7) is 4.45. The van der Waals surface area contributed by atoms with Crippen molar-refractivity contribution in [3.05, 3.63) is 107 Å². The fraction of sp³-hybridized carbons (Fsp3) is 0.115. The molecule has 0 radical (unpaired) electrons. The van der Waals surface area contributed by atoms with Gasteiger partial charge in [0.2, 0.25) is 0 Å². The third-order valence-electron chi connectivity index (χ3n) is 4.96. The summed E-state index contributed by atoms with van der Waals surface area (Å²) in [5.41, 5.74) is 5.43. The van der Waals surface area contributed by atoms with Crippen LogP contribution in [0.2, 0.25) is 0 Å². The van der Waals surface area contributed by atoms with Gasteiger partial charge >= 0.3 is 0 Å². The van der Waals surface area contributed by atoms with Crippen molar-refractivity contribution in [2.24, 2.45) is 0 Å². The Morgan fingerprint density at radius 1 is 0.793 bits per heavy atom. The summed E-state index contributed by atoms with van der Waals surface area (Å²) in [7, 11) is 0. The molecule has 3 aromatic carbocycles. The third-order valence-corrected chi connectivity index (χ3v) is 4.96. The lowest BCUT2D eigenvalue weighted by Crippen LogP contribution is -2.15. The molecular weight excluding hydrogens is 358 g/mol. The van der Waals surface area contributed by atoms with Gasteiger partial charge in [0.25, 0.3) is 0 Å². The van der Waals surface area contributed by atoms with Crippen molar-refractivity contribution in [2.45, 2.75) is 13.8 Å². The van der Waals surface area contributed by atoms with E-state index in [0.29, 0.717) is 12.2 Å². The Kier molecular flexibility index (Phi) is 5.30. The van der Waals surface area contributed by atoms with Crippen LogP contribution in [-0.4, -0.2) is 11.2 Å². The van der Waals surface area contributed by atoms with Crippen molar-refractivity contribution in [3.63, 3.8) is 0 Å². The topological polar surface area (TPSA) is 31.2 Å². The highest BCUT2D eigenvalue weighted by atomic mass is 16.5. The molecule has 3 nitrogen and oxygen atoms in total. The molecule has 1 heterocycles. The molecule has 0 amide bonds. The monoisotopic (exact) mass is 381 g/mol. The summed E-state index contributed by atoms with van der Waals surface area (Å²) in [4.78, 5) is 13.0. The van der Waals surface area contributed by atoms with Gasteiger partial charge in [0.05, 0.1) is 18.0 Å². The van der Waals surface area contributed by atoms with Crippen LogP contribution in [0.25, 0.3) is 28.2 Å². The summed E-state index contributed by atoms with van der Waals surface area (Å²) in [6, 6.07) is 29.8. The summed E-state index contributed by atoms with van der Waals surface area (Å²) in [5, 5.41) is 0. The first-order chi connectivity index (χ1) is 14.2. The summed E-state index contributed by atoms with van der Waals surface area (Å²) in [6.07, 6.45) is 0. The van der Waals surface area contributed by atoms with Crippen molar-refractivity contribution in [1.29, 1.82) is 0 Å². The van der Waals surface area contributed by atoms with Crippen molar-refractivity contribution in [3.8, 4) is 34.0 Å². The van der Waals surface area contributed by atoms with Crippen LogP contribution in [0.1, 0.15) is 12.5 Å². The molecule has 0 N–H and O–H groups in total. The predicted molar refractivity (Wildman–Crippen MR) is 119 cm³/mol. The summed E-state index contributed by atoms with van der Waals surface area (Å²) >= 11 is 0.